The fourth-order valence-corrected chi connectivity index (χ4v) is 2.63. The number of ether oxygens (including phenoxy) is 1. The molecule has 0 spiro atoms. The predicted octanol–water partition coefficient (Wildman–Crippen LogP) is 4.38. The number of nitrogens with zero attached hydrogens (tertiary/aromatic N) is 1. The molecule has 0 radical (unpaired) electrons. The van der Waals surface area contributed by atoms with E-state index in [1.807, 2.05) is 35.7 Å². The number of carbonyl (C=O) groups is 1. The van der Waals surface area contributed by atoms with Gasteiger partial charge in [-0.05, 0) is 30.3 Å². The number of hydrogen-bond acceptors (Lipinski definition) is 5. The largest absolute Gasteiger partial charge is 0.456 e. The summed E-state index contributed by atoms with van der Waals surface area (Å²) in [6, 6.07) is 15.1. The number of rotatable bonds is 5. The van der Waals surface area contributed by atoms with Crippen molar-refractivity contribution in [3.63, 3.8) is 0 Å². The minimum atomic E-state index is -0.574. The first-order chi connectivity index (χ1) is 11.2. The molecule has 23 heavy (non-hydrogen) atoms. The summed E-state index contributed by atoms with van der Waals surface area (Å²) in [6.07, 6.45) is 0. The number of carbonyl (C=O) groups excluding carboxylic acids is 1. The topological polar surface area (TPSA) is 51.2 Å². The number of aromatic nitrogens is 1. The van der Waals surface area contributed by atoms with Crippen LogP contribution < -0.4 is 5.32 Å². The molecule has 0 amide bonds. The van der Waals surface area contributed by atoms with Crippen LogP contribution in [0.15, 0.2) is 60.0 Å². The summed E-state index contributed by atoms with van der Waals surface area (Å²) in [5.74, 6) is -1.04. The van der Waals surface area contributed by atoms with Crippen molar-refractivity contribution in [3.8, 4) is 0 Å². The van der Waals surface area contributed by atoms with Crippen molar-refractivity contribution in [2.24, 2.45) is 0 Å². The van der Waals surface area contributed by atoms with E-state index in [1.165, 1.54) is 29.5 Å². The van der Waals surface area contributed by atoms with Crippen LogP contribution in [0.2, 0.25) is 0 Å². The molecule has 0 bridgehead atoms. The van der Waals surface area contributed by atoms with Gasteiger partial charge < -0.3 is 10.1 Å². The predicted molar refractivity (Wildman–Crippen MR) is 87.4 cm³/mol. The molecule has 4 nitrogen and oxygen atoms in total. The molecule has 0 saturated carbocycles. The van der Waals surface area contributed by atoms with E-state index >= 15 is 0 Å². The minimum absolute atomic E-state index is 0.0440. The van der Waals surface area contributed by atoms with Crippen LogP contribution in [0.5, 0.6) is 0 Å². The minimum Gasteiger partial charge on any atom is -0.456 e. The third-order valence-corrected chi connectivity index (χ3v) is 3.79. The van der Waals surface area contributed by atoms with Crippen molar-refractivity contribution in [2.45, 2.75) is 6.61 Å². The van der Waals surface area contributed by atoms with Crippen molar-refractivity contribution < 1.29 is 13.9 Å². The molecular weight excluding hydrogens is 315 g/mol. The lowest BCUT2D eigenvalue weighted by Gasteiger charge is -2.03. The molecule has 1 heterocycles. The second-order valence-electron chi connectivity index (χ2n) is 4.72. The number of nitrogens with one attached hydrogen (secondary N) is 1. The first kappa shape index (κ1) is 15.2. The highest BCUT2D eigenvalue weighted by Gasteiger charge is 2.10. The van der Waals surface area contributed by atoms with Gasteiger partial charge in [0.1, 0.15) is 12.4 Å². The standard InChI is InChI=1S/C17H13FN2O2S/c18-13-6-4-5-12(9-13)16(21)22-10-15-11-23-17(20-15)19-14-7-2-1-3-8-14/h1-9,11H,10H2,(H,19,20). The van der Waals surface area contributed by atoms with E-state index in [9.17, 15) is 9.18 Å². The number of benzene rings is 2. The second-order valence-corrected chi connectivity index (χ2v) is 5.58. The van der Waals surface area contributed by atoms with Crippen LogP contribution in [0.4, 0.5) is 15.2 Å². The SMILES string of the molecule is O=C(OCc1csc(Nc2ccccc2)n1)c1cccc(F)c1. The summed E-state index contributed by atoms with van der Waals surface area (Å²) in [4.78, 5) is 16.2. The Morgan fingerprint density at radius 3 is 2.78 bits per heavy atom. The molecule has 1 aromatic heterocycles. The van der Waals surface area contributed by atoms with Crippen LogP contribution in [0.1, 0.15) is 16.1 Å². The molecule has 0 fully saturated rings. The smallest absolute Gasteiger partial charge is 0.338 e. The molecule has 0 aliphatic carbocycles. The number of anilines is 2. The maximum Gasteiger partial charge on any atom is 0.338 e. The molecular formula is C17H13FN2O2S. The van der Waals surface area contributed by atoms with E-state index in [1.54, 1.807) is 0 Å². The monoisotopic (exact) mass is 328 g/mol. The average Bonchev–Trinajstić information content (AvgIpc) is 3.01. The van der Waals surface area contributed by atoms with Gasteiger partial charge in [0.25, 0.3) is 0 Å². The van der Waals surface area contributed by atoms with Crippen molar-refractivity contribution in [1.29, 1.82) is 0 Å². The molecule has 0 aliphatic heterocycles. The maximum atomic E-state index is 13.1. The number of halogens is 1. The summed E-state index contributed by atoms with van der Waals surface area (Å²) >= 11 is 1.42. The number of thiazole rings is 1. The van der Waals surface area contributed by atoms with Gasteiger partial charge in [0.05, 0.1) is 11.3 Å². The van der Waals surface area contributed by atoms with Crippen LogP contribution in [-0.2, 0) is 11.3 Å². The third kappa shape index (κ3) is 4.14. The molecule has 1 N–H and O–H groups in total. The maximum absolute atomic E-state index is 13.1. The van der Waals surface area contributed by atoms with Crippen LogP contribution in [0.3, 0.4) is 0 Å². The summed E-state index contributed by atoms with van der Waals surface area (Å²) < 4.78 is 18.2. The Morgan fingerprint density at radius 1 is 1.17 bits per heavy atom. The number of para-hydroxylation sites is 1. The van der Waals surface area contributed by atoms with Gasteiger partial charge >= 0.3 is 5.97 Å². The van der Waals surface area contributed by atoms with Gasteiger partial charge in [0.15, 0.2) is 5.13 Å². The first-order valence-corrected chi connectivity index (χ1v) is 7.78. The summed E-state index contributed by atoms with van der Waals surface area (Å²) in [6.45, 7) is 0.0440. The summed E-state index contributed by atoms with van der Waals surface area (Å²) in [5.41, 5.74) is 1.76. The molecule has 116 valence electrons. The van der Waals surface area contributed by atoms with E-state index in [0.29, 0.717) is 10.8 Å². The van der Waals surface area contributed by atoms with Gasteiger partial charge in [0.2, 0.25) is 0 Å². The van der Waals surface area contributed by atoms with Crippen molar-refractivity contribution in [2.75, 3.05) is 5.32 Å². The van der Waals surface area contributed by atoms with Gasteiger partial charge in [-0.25, -0.2) is 14.2 Å². The lowest BCUT2D eigenvalue weighted by molar-refractivity contribution is 0.0468. The zero-order chi connectivity index (χ0) is 16.1. The lowest BCUT2D eigenvalue weighted by Crippen LogP contribution is -2.05. The van der Waals surface area contributed by atoms with Crippen molar-refractivity contribution >= 4 is 28.1 Å². The first-order valence-electron chi connectivity index (χ1n) is 6.90. The van der Waals surface area contributed by atoms with E-state index in [0.717, 1.165) is 11.8 Å². The van der Waals surface area contributed by atoms with Crippen LogP contribution in [0, 0.1) is 5.82 Å². The Morgan fingerprint density at radius 2 is 2.00 bits per heavy atom. The Bertz CT molecular complexity index is 805. The van der Waals surface area contributed by atoms with Gasteiger partial charge in [-0.3, -0.25) is 0 Å². The molecule has 0 unspecified atom stereocenters. The molecule has 2 aromatic carbocycles. The zero-order valence-electron chi connectivity index (χ0n) is 12.0. The molecule has 6 heteroatoms. The van der Waals surface area contributed by atoms with Crippen LogP contribution in [-0.4, -0.2) is 11.0 Å². The molecule has 0 aliphatic rings. The molecule has 3 aromatic rings. The Kier molecular flexibility index (Phi) is 4.63. The summed E-state index contributed by atoms with van der Waals surface area (Å²) in [7, 11) is 0. The van der Waals surface area contributed by atoms with Crippen LogP contribution >= 0.6 is 11.3 Å². The van der Waals surface area contributed by atoms with Gasteiger partial charge in [-0.1, -0.05) is 24.3 Å². The molecule has 3 rings (SSSR count). The van der Waals surface area contributed by atoms with E-state index in [2.05, 4.69) is 10.3 Å². The average molecular weight is 328 g/mol. The van der Waals surface area contributed by atoms with Crippen molar-refractivity contribution in [3.05, 3.63) is 77.1 Å². The van der Waals surface area contributed by atoms with Gasteiger partial charge in [-0.2, -0.15) is 0 Å². The third-order valence-electron chi connectivity index (χ3n) is 2.99. The van der Waals surface area contributed by atoms with Gasteiger partial charge in [0, 0.05) is 11.1 Å². The highest BCUT2D eigenvalue weighted by Crippen LogP contribution is 2.21. The van der Waals surface area contributed by atoms with Gasteiger partial charge in [-0.15, -0.1) is 11.3 Å². The number of esters is 1. The highest BCUT2D eigenvalue weighted by atomic mass is 32.1. The number of hydrogen-bond donors (Lipinski definition) is 1. The quantitative estimate of drug-likeness (QED) is 0.706. The van der Waals surface area contributed by atoms with Crippen molar-refractivity contribution in [1.82, 2.24) is 4.98 Å². The molecule has 0 atom stereocenters. The normalized spacial score (nSPS) is 10.3. The Hall–Kier alpha value is -2.73. The lowest BCUT2D eigenvalue weighted by atomic mass is 10.2. The Balaban J connectivity index is 1.58. The van der Waals surface area contributed by atoms with E-state index in [-0.39, 0.29) is 12.2 Å². The fraction of sp³-hybridized carbons (Fsp3) is 0.0588. The van der Waals surface area contributed by atoms with E-state index < -0.39 is 11.8 Å². The second kappa shape index (κ2) is 7.02. The fourth-order valence-electron chi connectivity index (χ4n) is 1.91. The highest BCUT2D eigenvalue weighted by molar-refractivity contribution is 7.13. The summed E-state index contributed by atoms with van der Waals surface area (Å²) in [5, 5.41) is 5.69. The Labute approximate surface area is 136 Å². The zero-order valence-corrected chi connectivity index (χ0v) is 12.8. The van der Waals surface area contributed by atoms with Crippen LogP contribution in [0.25, 0.3) is 0 Å². The molecule has 0 saturated heterocycles. The van der Waals surface area contributed by atoms with E-state index in [4.69, 9.17) is 4.74 Å².